The molecule has 3 heteroatoms. The molecule has 0 radical (unpaired) electrons. The van der Waals surface area contributed by atoms with Gasteiger partial charge in [-0.1, -0.05) is 19.1 Å². The van der Waals surface area contributed by atoms with Crippen LogP contribution in [0.1, 0.15) is 18.1 Å². The molecule has 0 amide bonds. The van der Waals surface area contributed by atoms with Gasteiger partial charge in [0.05, 0.1) is 0 Å². The Hall–Kier alpha value is -1.61. The Kier molecular flexibility index (Phi) is 2.56. The Bertz CT molecular complexity index is 543. The molecule has 1 aromatic heterocycles. The largest absolute Gasteiger partial charge is 0.423 e. The smallest absolute Gasteiger partial charge is 0.336 e. The van der Waals surface area contributed by atoms with Crippen LogP contribution in [0.2, 0.25) is 0 Å². The highest BCUT2D eigenvalue weighted by molar-refractivity contribution is 5.80. The first-order valence-electron chi connectivity index (χ1n) is 5.00. The fourth-order valence-electron chi connectivity index (χ4n) is 1.66. The van der Waals surface area contributed by atoms with Crippen molar-refractivity contribution < 1.29 is 4.42 Å². The second-order valence-electron chi connectivity index (χ2n) is 3.48. The van der Waals surface area contributed by atoms with Gasteiger partial charge in [-0.25, -0.2) is 4.79 Å². The Morgan fingerprint density at radius 2 is 2.13 bits per heavy atom. The minimum Gasteiger partial charge on any atom is -0.423 e. The van der Waals surface area contributed by atoms with Crippen LogP contribution in [-0.4, -0.2) is 0 Å². The number of rotatable bonds is 2. The van der Waals surface area contributed by atoms with Crippen LogP contribution in [0.15, 0.2) is 33.5 Å². The van der Waals surface area contributed by atoms with Crippen molar-refractivity contribution in [1.29, 1.82) is 0 Å². The molecular weight excluding hydrogens is 190 g/mol. The van der Waals surface area contributed by atoms with Gasteiger partial charge in [-0.2, -0.15) is 0 Å². The molecule has 1 heterocycles. The lowest BCUT2D eigenvalue weighted by molar-refractivity contribution is 0.558. The summed E-state index contributed by atoms with van der Waals surface area (Å²) in [7, 11) is 0. The Labute approximate surface area is 87.5 Å². The number of benzene rings is 1. The van der Waals surface area contributed by atoms with Crippen LogP contribution in [0.3, 0.4) is 0 Å². The summed E-state index contributed by atoms with van der Waals surface area (Å²) in [5, 5.41) is 0.925. The van der Waals surface area contributed by atoms with E-state index in [1.165, 1.54) is 6.07 Å². The zero-order valence-corrected chi connectivity index (χ0v) is 8.62. The van der Waals surface area contributed by atoms with Crippen LogP contribution in [0.5, 0.6) is 0 Å². The van der Waals surface area contributed by atoms with Crippen LogP contribution in [0.25, 0.3) is 11.0 Å². The summed E-state index contributed by atoms with van der Waals surface area (Å²) in [5.41, 5.74) is 7.85. The van der Waals surface area contributed by atoms with Crippen molar-refractivity contribution in [3.63, 3.8) is 0 Å². The van der Waals surface area contributed by atoms with Crippen LogP contribution < -0.4 is 11.4 Å². The number of hydrogen-bond donors (Lipinski definition) is 1. The molecule has 2 aromatic rings. The van der Waals surface area contributed by atoms with E-state index in [-0.39, 0.29) is 5.63 Å². The molecule has 0 aliphatic rings. The molecule has 0 saturated heterocycles. The second-order valence-corrected chi connectivity index (χ2v) is 3.48. The van der Waals surface area contributed by atoms with E-state index in [1.807, 2.05) is 18.2 Å². The average molecular weight is 203 g/mol. The summed E-state index contributed by atoms with van der Waals surface area (Å²) in [6.07, 6.45) is 0.923. The second kappa shape index (κ2) is 3.87. The van der Waals surface area contributed by atoms with Gasteiger partial charge in [0, 0.05) is 18.0 Å². The third-order valence-electron chi connectivity index (χ3n) is 2.52. The van der Waals surface area contributed by atoms with Crippen molar-refractivity contribution in [3.05, 3.63) is 45.8 Å². The number of aryl methyl sites for hydroxylation is 1. The highest BCUT2D eigenvalue weighted by Gasteiger charge is 2.04. The highest BCUT2D eigenvalue weighted by atomic mass is 16.4. The molecule has 0 saturated carbocycles. The van der Waals surface area contributed by atoms with Crippen LogP contribution in [-0.2, 0) is 13.0 Å². The molecule has 0 bridgehead atoms. The molecule has 2 N–H and O–H groups in total. The zero-order chi connectivity index (χ0) is 10.8. The average Bonchev–Trinajstić information content (AvgIpc) is 2.26. The van der Waals surface area contributed by atoms with E-state index in [0.29, 0.717) is 12.1 Å². The SMILES string of the molecule is CCc1ccc2c(CN)cc(=O)oc2c1. The first-order chi connectivity index (χ1) is 7.24. The van der Waals surface area contributed by atoms with Crippen molar-refractivity contribution in [3.8, 4) is 0 Å². The van der Waals surface area contributed by atoms with Crippen molar-refractivity contribution in [1.82, 2.24) is 0 Å². The predicted octanol–water partition coefficient (Wildman–Crippen LogP) is 1.81. The van der Waals surface area contributed by atoms with E-state index in [9.17, 15) is 4.79 Å². The van der Waals surface area contributed by atoms with Crippen molar-refractivity contribution in [2.45, 2.75) is 19.9 Å². The minimum atomic E-state index is -0.337. The molecule has 0 spiro atoms. The number of fused-ring (bicyclic) bond motifs is 1. The predicted molar refractivity (Wildman–Crippen MR) is 59.8 cm³/mol. The first kappa shape index (κ1) is 9.93. The third kappa shape index (κ3) is 1.78. The normalized spacial score (nSPS) is 10.8. The van der Waals surface area contributed by atoms with E-state index in [1.54, 1.807) is 0 Å². The van der Waals surface area contributed by atoms with E-state index in [4.69, 9.17) is 10.2 Å². The van der Waals surface area contributed by atoms with Gasteiger partial charge in [0.2, 0.25) is 0 Å². The van der Waals surface area contributed by atoms with Gasteiger partial charge in [-0.05, 0) is 23.6 Å². The van der Waals surface area contributed by atoms with Crippen molar-refractivity contribution >= 4 is 11.0 Å². The summed E-state index contributed by atoms with van der Waals surface area (Å²) >= 11 is 0. The Balaban J connectivity index is 2.78. The molecular formula is C12H13NO2. The molecule has 2 rings (SSSR count). The van der Waals surface area contributed by atoms with Gasteiger partial charge in [0.25, 0.3) is 0 Å². The summed E-state index contributed by atoms with van der Waals surface area (Å²) in [6.45, 7) is 2.42. The molecule has 3 nitrogen and oxygen atoms in total. The lowest BCUT2D eigenvalue weighted by atomic mass is 10.1. The maximum Gasteiger partial charge on any atom is 0.336 e. The molecule has 78 valence electrons. The van der Waals surface area contributed by atoms with Crippen LogP contribution in [0, 0.1) is 0 Å². The van der Waals surface area contributed by atoms with Crippen LogP contribution >= 0.6 is 0 Å². The molecule has 0 atom stereocenters. The van der Waals surface area contributed by atoms with E-state index in [2.05, 4.69) is 6.92 Å². The summed E-state index contributed by atoms with van der Waals surface area (Å²) in [4.78, 5) is 11.2. The van der Waals surface area contributed by atoms with Gasteiger partial charge in [0.15, 0.2) is 0 Å². The molecule has 1 aromatic carbocycles. The lowest BCUT2D eigenvalue weighted by Crippen LogP contribution is -2.05. The first-order valence-corrected chi connectivity index (χ1v) is 5.00. The number of nitrogens with two attached hydrogens (primary N) is 1. The lowest BCUT2D eigenvalue weighted by Gasteiger charge is -2.03. The van der Waals surface area contributed by atoms with Gasteiger partial charge >= 0.3 is 5.63 Å². The standard InChI is InChI=1S/C12H13NO2/c1-2-8-3-4-10-9(7-13)6-12(14)15-11(10)5-8/h3-6H,2,7,13H2,1H3. The fourth-order valence-corrected chi connectivity index (χ4v) is 1.66. The minimum absolute atomic E-state index is 0.337. The van der Waals surface area contributed by atoms with Gasteiger partial charge in [0.1, 0.15) is 5.58 Å². The zero-order valence-electron chi connectivity index (χ0n) is 8.62. The van der Waals surface area contributed by atoms with E-state index >= 15 is 0 Å². The van der Waals surface area contributed by atoms with Gasteiger partial charge in [-0.3, -0.25) is 0 Å². The summed E-state index contributed by atoms with van der Waals surface area (Å²) in [5.74, 6) is 0. The maximum absolute atomic E-state index is 11.2. The topological polar surface area (TPSA) is 56.2 Å². The van der Waals surface area contributed by atoms with E-state index in [0.717, 1.165) is 22.9 Å². The van der Waals surface area contributed by atoms with Gasteiger partial charge in [-0.15, -0.1) is 0 Å². The molecule has 0 aliphatic carbocycles. The van der Waals surface area contributed by atoms with Crippen LogP contribution in [0.4, 0.5) is 0 Å². The summed E-state index contributed by atoms with van der Waals surface area (Å²) in [6, 6.07) is 7.34. The quantitative estimate of drug-likeness (QED) is 0.757. The Morgan fingerprint density at radius 3 is 2.80 bits per heavy atom. The molecule has 0 unspecified atom stereocenters. The van der Waals surface area contributed by atoms with Gasteiger partial charge < -0.3 is 10.2 Å². The highest BCUT2D eigenvalue weighted by Crippen LogP contribution is 2.18. The van der Waals surface area contributed by atoms with Crippen molar-refractivity contribution in [2.24, 2.45) is 5.73 Å². The molecule has 15 heavy (non-hydrogen) atoms. The number of hydrogen-bond acceptors (Lipinski definition) is 3. The third-order valence-corrected chi connectivity index (χ3v) is 2.52. The summed E-state index contributed by atoms with van der Waals surface area (Å²) < 4.78 is 5.14. The molecule has 0 fully saturated rings. The maximum atomic E-state index is 11.2. The van der Waals surface area contributed by atoms with E-state index < -0.39 is 0 Å². The fraction of sp³-hybridized carbons (Fsp3) is 0.250. The Morgan fingerprint density at radius 1 is 1.33 bits per heavy atom. The van der Waals surface area contributed by atoms with Crippen molar-refractivity contribution in [2.75, 3.05) is 0 Å². The molecule has 0 aliphatic heterocycles. The monoisotopic (exact) mass is 203 g/mol.